The van der Waals surface area contributed by atoms with Gasteiger partial charge in [0, 0.05) is 24.9 Å². The van der Waals surface area contributed by atoms with Crippen molar-refractivity contribution in [2.75, 3.05) is 13.2 Å². The van der Waals surface area contributed by atoms with Gasteiger partial charge in [-0.3, -0.25) is 4.98 Å². The Labute approximate surface area is 179 Å². The molecule has 3 aromatic rings. The van der Waals surface area contributed by atoms with E-state index in [0.717, 1.165) is 36.5 Å². The number of benzene rings is 1. The quantitative estimate of drug-likeness (QED) is 0.604. The van der Waals surface area contributed by atoms with Gasteiger partial charge < -0.3 is 19.4 Å². The van der Waals surface area contributed by atoms with Gasteiger partial charge >= 0.3 is 0 Å². The molecule has 0 radical (unpaired) electrons. The summed E-state index contributed by atoms with van der Waals surface area (Å²) in [6, 6.07) is 15.8. The summed E-state index contributed by atoms with van der Waals surface area (Å²) in [6.45, 7) is 1.49. The van der Waals surface area contributed by atoms with E-state index in [2.05, 4.69) is 15.2 Å². The van der Waals surface area contributed by atoms with Crippen molar-refractivity contribution in [1.29, 1.82) is 0 Å². The molecule has 2 aliphatic rings. The Bertz CT molecular complexity index is 1020. The van der Waals surface area contributed by atoms with Crippen LogP contribution >= 0.6 is 12.2 Å². The van der Waals surface area contributed by atoms with Crippen molar-refractivity contribution in [1.82, 2.24) is 15.2 Å². The Kier molecular flexibility index (Phi) is 5.23. The Morgan fingerprint density at radius 2 is 2.00 bits per heavy atom. The van der Waals surface area contributed by atoms with Crippen molar-refractivity contribution in [2.45, 2.75) is 31.0 Å². The van der Waals surface area contributed by atoms with Gasteiger partial charge in [-0.1, -0.05) is 6.07 Å². The second-order valence-electron chi connectivity index (χ2n) is 7.62. The Balaban J connectivity index is 1.50. The number of halogens is 1. The molecule has 1 aromatic carbocycles. The molecule has 5 rings (SSSR count). The van der Waals surface area contributed by atoms with E-state index in [1.807, 2.05) is 30.3 Å². The van der Waals surface area contributed by atoms with Crippen molar-refractivity contribution in [3.05, 3.63) is 78.1 Å². The van der Waals surface area contributed by atoms with Crippen LogP contribution in [0.2, 0.25) is 0 Å². The second kappa shape index (κ2) is 8.16. The van der Waals surface area contributed by atoms with Gasteiger partial charge in [0.05, 0.1) is 17.8 Å². The fraction of sp³-hybridized carbons (Fsp3) is 0.304. The number of pyridine rings is 1. The summed E-state index contributed by atoms with van der Waals surface area (Å²) in [4.78, 5) is 6.70. The minimum absolute atomic E-state index is 0.132. The van der Waals surface area contributed by atoms with Crippen LogP contribution in [0.25, 0.3) is 11.3 Å². The fourth-order valence-corrected chi connectivity index (χ4v) is 4.51. The summed E-state index contributed by atoms with van der Waals surface area (Å²) in [5, 5.41) is 4.10. The molecule has 0 aliphatic carbocycles. The molecule has 2 aromatic heterocycles. The summed E-state index contributed by atoms with van der Waals surface area (Å²) in [5.41, 5.74) is 1.73. The molecule has 0 spiro atoms. The largest absolute Gasteiger partial charge is 0.459 e. The highest BCUT2D eigenvalue weighted by Gasteiger charge is 2.42. The summed E-state index contributed by atoms with van der Waals surface area (Å²) < 4.78 is 25.4. The van der Waals surface area contributed by atoms with Crippen LogP contribution in [0.5, 0.6) is 0 Å². The number of hydrogen-bond acceptors (Lipinski definition) is 4. The number of aromatic nitrogens is 1. The van der Waals surface area contributed by atoms with Gasteiger partial charge in [0.25, 0.3) is 0 Å². The number of furan rings is 1. The van der Waals surface area contributed by atoms with Crippen LogP contribution in [0.1, 0.15) is 36.4 Å². The minimum Gasteiger partial charge on any atom is -0.459 e. The van der Waals surface area contributed by atoms with Crippen LogP contribution in [0, 0.1) is 5.82 Å². The molecule has 4 heterocycles. The summed E-state index contributed by atoms with van der Waals surface area (Å²) >= 11 is 5.69. The molecule has 2 fully saturated rings. The fourth-order valence-electron chi connectivity index (χ4n) is 4.20. The Morgan fingerprint density at radius 1 is 1.13 bits per heavy atom. The first kappa shape index (κ1) is 19.2. The standard InChI is InChI=1S/C23H22FN3O2S/c24-16-8-6-15(7-9-16)19-10-11-20(29-19)22-21(18-5-1-2-12-25-18)26-23(30)27(22)14-17-4-3-13-28-17/h1-2,5-12,17,21-22H,3-4,13-14H2,(H,26,30)/t17-,21+,22-/m0/s1. The van der Waals surface area contributed by atoms with Gasteiger partial charge in [0.2, 0.25) is 0 Å². The molecular weight excluding hydrogens is 401 g/mol. The first-order chi connectivity index (χ1) is 14.7. The predicted molar refractivity (Wildman–Crippen MR) is 115 cm³/mol. The van der Waals surface area contributed by atoms with Gasteiger partial charge in [-0.05, 0) is 73.6 Å². The molecule has 2 aliphatic heterocycles. The van der Waals surface area contributed by atoms with E-state index >= 15 is 0 Å². The topological polar surface area (TPSA) is 50.5 Å². The lowest BCUT2D eigenvalue weighted by Gasteiger charge is -2.28. The van der Waals surface area contributed by atoms with Crippen molar-refractivity contribution in [2.24, 2.45) is 0 Å². The van der Waals surface area contributed by atoms with Crippen molar-refractivity contribution in [3.8, 4) is 11.3 Å². The molecule has 0 saturated carbocycles. The van der Waals surface area contributed by atoms with Crippen LogP contribution in [-0.2, 0) is 4.74 Å². The average molecular weight is 424 g/mol. The van der Waals surface area contributed by atoms with Crippen LogP contribution in [-0.4, -0.2) is 34.3 Å². The molecule has 5 nitrogen and oxygen atoms in total. The monoisotopic (exact) mass is 423 g/mol. The SMILES string of the molecule is Fc1ccc(-c2ccc([C@H]3[C@@H](c4ccccn4)NC(=S)N3C[C@@H]3CCCO3)o2)cc1. The van der Waals surface area contributed by atoms with Crippen molar-refractivity contribution < 1.29 is 13.5 Å². The van der Waals surface area contributed by atoms with Gasteiger partial charge in [-0.15, -0.1) is 0 Å². The zero-order valence-electron chi connectivity index (χ0n) is 16.3. The number of ether oxygens (including phenoxy) is 1. The second-order valence-corrected chi connectivity index (χ2v) is 8.01. The lowest BCUT2D eigenvalue weighted by molar-refractivity contribution is 0.0818. The molecular formula is C23H22FN3O2S. The number of nitrogens with zero attached hydrogens (tertiary/aromatic N) is 2. The van der Waals surface area contributed by atoms with Crippen LogP contribution in [0.4, 0.5) is 4.39 Å². The number of hydrogen-bond donors (Lipinski definition) is 1. The maximum absolute atomic E-state index is 13.3. The molecule has 30 heavy (non-hydrogen) atoms. The van der Waals surface area contributed by atoms with E-state index in [1.165, 1.54) is 12.1 Å². The highest BCUT2D eigenvalue weighted by atomic mass is 32.1. The zero-order chi connectivity index (χ0) is 20.5. The molecule has 0 amide bonds. The molecule has 0 unspecified atom stereocenters. The highest BCUT2D eigenvalue weighted by molar-refractivity contribution is 7.80. The van der Waals surface area contributed by atoms with Crippen LogP contribution < -0.4 is 5.32 Å². The summed E-state index contributed by atoms with van der Waals surface area (Å²) in [5.74, 6) is 1.21. The lowest BCUT2D eigenvalue weighted by atomic mass is 10.0. The number of nitrogens with one attached hydrogen (secondary N) is 1. The third-order valence-corrected chi connectivity index (χ3v) is 6.02. The molecule has 7 heteroatoms. The van der Waals surface area contributed by atoms with E-state index in [9.17, 15) is 4.39 Å². The average Bonchev–Trinajstić information content (AvgIpc) is 3.51. The Hall–Kier alpha value is -2.77. The summed E-state index contributed by atoms with van der Waals surface area (Å²) in [7, 11) is 0. The minimum atomic E-state index is -0.270. The third kappa shape index (κ3) is 3.70. The van der Waals surface area contributed by atoms with E-state index < -0.39 is 0 Å². The number of thiocarbonyl (C=S) groups is 1. The smallest absolute Gasteiger partial charge is 0.170 e. The van der Waals surface area contributed by atoms with E-state index in [4.69, 9.17) is 21.4 Å². The van der Waals surface area contributed by atoms with Gasteiger partial charge in [-0.25, -0.2) is 4.39 Å². The first-order valence-corrected chi connectivity index (χ1v) is 10.6. The maximum Gasteiger partial charge on any atom is 0.170 e. The molecule has 3 atom stereocenters. The first-order valence-electron chi connectivity index (χ1n) is 10.1. The van der Waals surface area contributed by atoms with Crippen molar-refractivity contribution >= 4 is 17.3 Å². The maximum atomic E-state index is 13.3. The van der Waals surface area contributed by atoms with E-state index in [1.54, 1.807) is 18.3 Å². The Morgan fingerprint density at radius 3 is 2.73 bits per heavy atom. The number of rotatable bonds is 5. The van der Waals surface area contributed by atoms with Gasteiger partial charge in [0.1, 0.15) is 23.4 Å². The van der Waals surface area contributed by atoms with E-state index in [0.29, 0.717) is 17.4 Å². The predicted octanol–water partition coefficient (Wildman–Crippen LogP) is 4.63. The highest BCUT2D eigenvalue weighted by Crippen LogP contribution is 2.41. The normalized spacial score (nSPS) is 23.7. The summed E-state index contributed by atoms with van der Waals surface area (Å²) in [6.07, 6.45) is 4.04. The molecule has 0 bridgehead atoms. The zero-order valence-corrected chi connectivity index (χ0v) is 17.1. The third-order valence-electron chi connectivity index (χ3n) is 5.67. The molecule has 2 saturated heterocycles. The van der Waals surface area contributed by atoms with Crippen molar-refractivity contribution in [3.63, 3.8) is 0 Å². The molecule has 154 valence electrons. The van der Waals surface area contributed by atoms with Crippen LogP contribution in [0.3, 0.4) is 0 Å². The molecule has 1 N–H and O–H groups in total. The van der Waals surface area contributed by atoms with Gasteiger partial charge in [0.15, 0.2) is 5.11 Å². The van der Waals surface area contributed by atoms with E-state index in [-0.39, 0.29) is 24.0 Å². The van der Waals surface area contributed by atoms with Gasteiger partial charge in [-0.2, -0.15) is 0 Å². The van der Waals surface area contributed by atoms with Crippen LogP contribution in [0.15, 0.2) is 65.2 Å². The lowest BCUT2D eigenvalue weighted by Crippen LogP contribution is -2.36.